The minimum absolute atomic E-state index is 0.312. The Bertz CT molecular complexity index is 807. The predicted molar refractivity (Wildman–Crippen MR) is 221 cm³/mol. The van der Waals surface area contributed by atoms with Gasteiger partial charge in [0.05, 0.1) is 18.1 Å². The largest absolute Gasteiger partial charge is 0.356 e. The molecule has 0 saturated carbocycles. The van der Waals surface area contributed by atoms with E-state index in [0.717, 1.165) is 103 Å². The highest BCUT2D eigenvalue weighted by molar-refractivity contribution is 5.81. The fourth-order valence-electron chi connectivity index (χ4n) is 3.90. The summed E-state index contributed by atoms with van der Waals surface area (Å²) in [5.41, 5.74) is 26.3. The molecule has 0 unspecified atom stereocenters. The minimum atomic E-state index is 0.312. The second-order valence-corrected chi connectivity index (χ2v) is 13.9. The molecule has 0 aromatic carbocycles. The lowest BCUT2D eigenvalue weighted by atomic mass is 10.2. The molecule has 14 heteroatoms. The normalized spacial score (nSPS) is 14.7. The van der Waals surface area contributed by atoms with E-state index in [9.17, 15) is 0 Å². The van der Waals surface area contributed by atoms with Crippen LogP contribution in [0.1, 0.15) is 108 Å². The van der Waals surface area contributed by atoms with Crippen LogP contribution < -0.4 is 44.6 Å². The molecule has 0 amide bonds. The van der Waals surface area contributed by atoms with Crippen LogP contribution in [0.3, 0.4) is 0 Å². The van der Waals surface area contributed by atoms with Gasteiger partial charge < -0.3 is 54.4 Å². The quantitative estimate of drug-likeness (QED) is 0.109. The summed E-state index contributed by atoms with van der Waals surface area (Å²) in [5.74, 6) is 2.19. The van der Waals surface area contributed by atoms with E-state index in [1.165, 1.54) is 25.9 Å². The highest BCUT2D eigenvalue weighted by Crippen LogP contribution is 2.05. The Morgan fingerprint density at radius 2 is 1.20 bits per heavy atom. The van der Waals surface area contributed by atoms with E-state index in [2.05, 4.69) is 65.6 Å². The monoisotopic (exact) mass is 713 g/mol. The second-order valence-electron chi connectivity index (χ2n) is 13.9. The summed E-state index contributed by atoms with van der Waals surface area (Å²) in [4.78, 5) is 21.4. The van der Waals surface area contributed by atoms with Gasteiger partial charge in [0.2, 0.25) is 0 Å². The summed E-state index contributed by atoms with van der Waals surface area (Å²) in [7, 11) is 0. The standard InChI is InChI=1S/C10H22N4.C7H13N3.C7H14N2.C6H17N3.2C3H9N/c1-9(2)13-10-12-6-4-8-14(10)7-3-5-11;1-3-8-7-9-4-2-6-10(7)5-1;1-6(2)8-5-9-7(3)4;7-3-1-5-9-6-2-4-8;2*1-3(2)4/h9H,3-8,11H2,1-2H3,(H,12,13);1-6H2,(H,8,9);6-7H,1-4H3;9H,1-8H2;2*3H,4H2,1-2H3. The van der Waals surface area contributed by atoms with E-state index in [-0.39, 0.29) is 0 Å². The molecule has 0 aromatic rings. The molecule has 0 atom stereocenters. The van der Waals surface area contributed by atoms with Crippen LogP contribution in [0.25, 0.3) is 0 Å². The zero-order valence-electron chi connectivity index (χ0n) is 34.2. The Morgan fingerprint density at radius 3 is 1.66 bits per heavy atom. The number of nitrogens with zero attached hydrogens (tertiary/aromatic N) is 6. The Labute approximate surface area is 308 Å². The lowest BCUT2D eigenvalue weighted by molar-refractivity contribution is 0.346. The molecule has 1 fully saturated rings. The SMILES string of the molecule is C1CN=C2NCCCN2C1.CC(C)N.CC(C)N.CC(C)N=C=NC(C)C.CC(C)NC1=NCCCN1CCCN.NCCCNCCCN. The van der Waals surface area contributed by atoms with Crippen LogP contribution in [0, 0.1) is 0 Å². The molecule has 13 N–H and O–H groups in total. The van der Waals surface area contributed by atoms with Crippen molar-refractivity contribution in [1.82, 2.24) is 25.8 Å². The molecular formula is C36H84N14. The fraction of sp³-hybridized carbons (Fsp3) is 0.917. The summed E-state index contributed by atoms with van der Waals surface area (Å²) in [5, 5.41) is 9.90. The summed E-state index contributed by atoms with van der Waals surface area (Å²) < 4.78 is 0. The summed E-state index contributed by atoms with van der Waals surface area (Å²) in [6, 6.07) is 4.38. The van der Waals surface area contributed by atoms with E-state index in [1.54, 1.807) is 0 Å². The van der Waals surface area contributed by atoms with E-state index < -0.39 is 0 Å². The van der Waals surface area contributed by atoms with Gasteiger partial charge in [-0.2, -0.15) is 0 Å². The van der Waals surface area contributed by atoms with Crippen LogP contribution in [0.15, 0.2) is 20.0 Å². The minimum Gasteiger partial charge on any atom is -0.356 e. The van der Waals surface area contributed by atoms with Crippen molar-refractivity contribution in [1.29, 1.82) is 0 Å². The molecule has 3 rings (SSSR count). The van der Waals surface area contributed by atoms with Gasteiger partial charge in [0.15, 0.2) is 11.9 Å². The number of nitrogens with two attached hydrogens (primary N) is 5. The summed E-state index contributed by atoms with van der Waals surface area (Å²) in [6.45, 7) is 32.0. The number of rotatable bonds is 12. The fourth-order valence-corrected chi connectivity index (χ4v) is 3.90. The van der Waals surface area contributed by atoms with Crippen LogP contribution in [-0.2, 0) is 0 Å². The maximum Gasteiger partial charge on any atom is 0.194 e. The second kappa shape index (κ2) is 37.9. The van der Waals surface area contributed by atoms with Crippen LogP contribution in [0.4, 0.5) is 0 Å². The van der Waals surface area contributed by atoms with Gasteiger partial charge >= 0.3 is 0 Å². The maximum atomic E-state index is 5.51. The zero-order valence-corrected chi connectivity index (χ0v) is 34.2. The smallest absolute Gasteiger partial charge is 0.194 e. The average Bonchev–Trinajstić information content (AvgIpc) is 3.04. The first-order chi connectivity index (χ1) is 23.7. The third-order valence-corrected chi connectivity index (χ3v) is 5.98. The van der Waals surface area contributed by atoms with Crippen molar-refractivity contribution in [3.8, 4) is 0 Å². The summed E-state index contributed by atoms with van der Waals surface area (Å²) in [6.07, 6.45) is 6.81. The van der Waals surface area contributed by atoms with Gasteiger partial charge in [0, 0.05) is 51.9 Å². The summed E-state index contributed by atoms with van der Waals surface area (Å²) >= 11 is 0. The van der Waals surface area contributed by atoms with E-state index in [0.29, 0.717) is 30.2 Å². The third-order valence-electron chi connectivity index (χ3n) is 5.98. The molecule has 3 aliphatic rings. The topological polar surface area (TPSA) is 222 Å². The average molecular weight is 713 g/mol. The highest BCUT2D eigenvalue weighted by atomic mass is 15.3. The van der Waals surface area contributed by atoms with Crippen molar-refractivity contribution < 1.29 is 0 Å². The molecule has 0 radical (unpaired) electrons. The Balaban J connectivity index is -0.000000557. The van der Waals surface area contributed by atoms with Gasteiger partial charge in [-0.15, -0.1) is 0 Å². The molecule has 298 valence electrons. The number of aliphatic imine (C=N–C) groups is 4. The predicted octanol–water partition coefficient (Wildman–Crippen LogP) is 2.39. The van der Waals surface area contributed by atoms with Gasteiger partial charge in [-0.1, -0.05) is 27.7 Å². The number of guanidine groups is 2. The lowest BCUT2D eigenvalue weighted by Gasteiger charge is -2.33. The molecule has 14 nitrogen and oxygen atoms in total. The van der Waals surface area contributed by atoms with Crippen molar-refractivity contribution in [3.63, 3.8) is 0 Å². The zero-order chi connectivity index (χ0) is 38.6. The molecule has 3 aliphatic heterocycles. The van der Waals surface area contributed by atoms with Crippen molar-refractivity contribution in [3.05, 3.63) is 0 Å². The van der Waals surface area contributed by atoms with Crippen molar-refractivity contribution in [2.75, 3.05) is 78.5 Å². The van der Waals surface area contributed by atoms with Gasteiger partial charge in [0.1, 0.15) is 0 Å². The van der Waals surface area contributed by atoms with E-state index in [4.69, 9.17) is 28.7 Å². The Kier molecular flexibility index (Phi) is 39.5. The number of nitrogens with one attached hydrogen (secondary N) is 3. The first-order valence-electron chi connectivity index (χ1n) is 19.3. The van der Waals surface area contributed by atoms with Crippen LogP contribution in [0.5, 0.6) is 0 Å². The molecule has 3 heterocycles. The molecule has 0 spiro atoms. The number of hydrogen-bond donors (Lipinski definition) is 8. The maximum absolute atomic E-state index is 5.51. The van der Waals surface area contributed by atoms with E-state index >= 15 is 0 Å². The molecule has 1 saturated heterocycles. The van der Waals surface area contributed by atoms with E-state index in [1.807, 2.05) is 55.4 Å². The van der Waals surface area contributed by atoms with Gasteiger partial charge in [-0.3, -0.25) is 9.98 Å². The van der Waals surface area contributed by atoms with Crippen molar-refractivity contribution in [2.45, 2.75) is 138 Å². The Hall–Kier alpha value is -2.32. The number of hydrogen-bond acceptors (Lipinski definition) is 14. The molecular weight excluding hydrogens is 628 g/mol. The van der Waals surface area contributed by atoms with Gasteiger partial charge in [0.25, 0.3) is 0 Å². The molecule has 0 bridgehead atoms. The number of fused-ring (bicyclic) bond motifs is 1. The van der Waals surface area contributed by atoms with Crippen molar-refractivity contribution in [2.24, 2.45) is 48.6 Å². The molecule has 50 heavy (non-hydrogen) atoms. The lowest BCUT2D eigenvalue weighted by Crippen LogP contribution is -2.49. The molecule has 0 aromatic heterocycles. The Morgan fingerprint density at radius 1 is 0.720 bits per heavy atom. The first-order valence-corrected chi connectivity index (χ1v) is 19.3. The first kappa shape index (κ1) is 52.0. The molecule has 0 aliphatic carbocycles. The van der Waals surface area contributed by atoms with Gasteiger partial charge in [-0.25, -0.2) is 9.98 Å². The van der Waals surface area contributed by atoms with Crippen molar-refractivity contribution >= 4 is 17.9 Å². The van der Waals surface area contributed by atoms with Gasteiger partial charge in [-0.05, 0) is 125 Å². The van der Waals surface area contributed by atoms with Crippen LogP contribution in [-0.4, -0.2) is 136 Å². The van der Waals surface area contributed by atoms with Crippen LogP contribution in [0.2, 0.25) is 0 Å². The van der Waals surface area contributed by atoms with Crippen LogP contribution >= 0.6 is 0 Å². The third kappa shape index (κ3) is 41.8. The highest BCUT2D eigenvalue weighted by Gasteiger charge is 2.17.